The molecular formula is C9H11ClS. The van der Waals surface area contributed by atoms with E-state index < -0.39 is 0 Å². The monoisotopic (exact) mass is 186 g/mol. The van der Waals surface area contributed by atoms with E-state index in [4.69, 9.17) is 11.6 Å². The largest absolute Gasteiger partial charge is 0.149 e. The average molecular weight is 187 g/mol. The molecule has 1 atom stereocenters. The molecule has 1 rings (SSSR count). The molecule has 0 aliphatic carbocycles. The third-order valence-electron chi connectivity index (χ3n) is 1.44. The van der Waals surface area contributed by atoms with Crippen molar-refractivity contribution in [1.82, 2.24) is 0 Å². The molecule has 0 saturated carbocycles. The lowest BCUT2D eigenvalue weighted by molar-refractivity contribution is 1.24. The number of allylic oxidation sites excluding steroid dienone is 1. The van der Waals surface area contributed by atoms with Crippen LogP contribution in [0.15, 0.2) is 17.5 Å². The Kier molecular flexibility index (Phi) is 3.16. The van der Waals surface area contributed by atoms with Crippen LogP contribution in [0.4, 0.5) is 0 Å². The van der Waals surface area contributed by atoms with Gasteiger partial charge in [-0.1, -0.05) is 12.2 Å². The van der Waals surface area contributed by atoms with Gasteiger partial charge in [-0.3, -0.25) is 0 Å². The van der Waals surface area contributed by atoms with Gasteiger partial charge in [0.05, 0.1) is 0 Å². The molecule has 1 heterocycles. The smallest absolute Gasteiger partial charge is 0.0491 e. The topological polar surface area (TPSA) is 0 Å². The summed E-state index contributed by atoms with van der Waals surface area (Å²) in [6.07, 6.45) is 4.07. The zero-order valence-corrected chi connectivity index (χ0v) is 8.25. The summed E-state index contributed by atoms with van der Waals surface area (Å²) in [6, 6.07) is 2.11. The van der Waals surface area contributed by atoms with Crippen molar-refractivity contribution in [3.8, 4) is 0 Å². The van der Waals surface area contributed by atoms with Gasteiger partial charge in [0.1, 0.15) is 0 Å². The maximum absolute atomic E-state index is 5.76. The summed E-state index contributed by atoms with van der Waals surface area (Å²) in [6.45, 7) is 4.07. The molecule has 0 fully saturated rings. The molecule has 1 unspecified atom stereocenters. The lowest BCUT2D eigenvalue weighted by atomic mass is 10.2. The van der Waals surface area contributed by atoms with Crippen molar-refractivity contribution in [2.45, 2.75) is 19.2 Å². The van der Waals surface area contributed by atoms with Gasteiger partial charge in [0, 0.05) is 10.3 Å². The highest BCUT2D eigenvalue weighted by Crippen LogP contribution is 2.16. The molecule has 0 radical (unpaired) electrons. The maximum Gasteiger partial charge on any atom is 0.0491 e. The van der Waals surface area contributed by atoms with Gasteiger partial charge in [0.2, 0.25) is 0 Å². The van der Waals surface area contributed by atoms with E-state index in [-0.39, 0.29) is 5.38 Å². The van der Waals surface area contributed by atoms with Crippen LogP contribution in [-0.2, 0) is 0 Å². The predicted molar refractivity (Wildman–Crippen MR) is 53.4 cm³/mol. The van der Waals surface area contributed by atoms with E-state index in [2.05, 4.69) is 24.4 Å². The van der Waals surface area contributed by atoms with E-state index >= 15 is 0 Å². The Morgan fingerprint density at radius 1 is 1.64 bits per heavy atom. The number of alkyl halides is 1. The van der Waals surface area contributed by atoms with Crippen LogP contribution in [0.2, 0.25) is 0 Å². The van der Waals surface area contributed by atoms with Crippen LogP contribution in [0.25, 0.3) is 6.08 Å². The number of halogens is 1. The van der Waals surface area contributed by atoms with Crippen molar-refractivity contribution >= 4 is 29.0 Å². The van der Waals surface area contributed by atoms with Crippen LogP contribution < -0.4 is 0 Å². The van der Waals surface area contributed by atoms with E-state index in [1.165, 1.54) is 10.4 Å². The molecule has 1 aromatic rings. The Balaban J connectivity index is 2.71. The Morgan fingerprint density at radius 2 is 2.36 bits per heavy atom. The molecule has 1 aromatic heterocycles. The van der Waals surface area contributed by atoms with Gasteiger partial charge in [-0.2, -0.15) is 0 Å². The van der Waals surface area contributed by atoms with Crippen molar-refractivity contribution in [3.63, 3.8) is 0 Å². The fourth-order valence-electron chi connectivity index (χ4n) is 0.804. The fraction of sp³-hybridized carbons (Fsp3) is 0.333. The molecule has 11 heavy (non-hydrogen) atoms. The number of rotatable bonds is 2. The van der Waals surface area contributed by atoms with Crippen molar-refractivity contribution < 1.29 is 0 Å². The molecule has 60 valence electrons. The number of hydrogen-bond donors (Lipinski definition) is 0. The summed E-state index contributed by atoms with van der Waals surface area (Å²) in [7, 11) is 0. The van der Waals surface area contributed by atoms with E-state index in [1.807, 2.05) is 13.0 Å². The van der Waals surface area contributed by atoms with Gasteiger partial charge >= 0.3 is 0 Å². The van der Waals surface area contributed by atoms with Crippen LogP contribution in [0.5, 0.6) is 0 Å². The zero-order valence-electron chi connectivity index (χ0n) is 6.67. The zero-order chi connectivity index (χ0) is 8.27. The lowest BCUT2D eigenvalue weighted by Gasteiger charge is -1.91. The summed E-state index contributed by atoms with van der Waals surface area (Å²) in [4.78, 5) is 1.35. The van der Waals surface area contributed by atoms with Gasteiger partial charge in [-0.15, -0.1) is 22.9 Å². The first-order valence-corrected chi connectivity index (χ1v) is 4.88. The van der Waals surface area contributed by atoms with Gasteiger partial charge < -0.3 is 0 Å². The Morgan fingerprint density at radius 3 is 2.82 bits per heavy atom. The first-order valence-electron chi connectivity index (χ1n) is 3.56. The molecule has 0 saturated heterocycles. The molecule has 0 amide bonds. The van der Waals surface area contributed by atoms with Crippen molar-refractivity contribution in [1.29, 1.82) is 0 Å². The second-order valence-corrected chi connectivity index (χ2v) is 4.28. The molecule has 0 N–H and O–H groups in total. The van der Waals surface area contributed by atoms with Crippen LogP contribution in [-0.4, -0.2) is 5.38 Å². The van der Waals surface area contributed by atoms with Gasteiger partial charge in [0.15, 0.2) is 0 Å². The van der Waals surface area contributed by atoms with Gasteiger partial charge in [-0.05, 0) is 30.9 Å². The third kappa shape index (κ3) is 2.68. The third-order valence-corrected chi connectivity index (χ3v) is 2.45. The van der Waals surface area contributed by atoms with E-state index in [0.29, 0.717) is 0 Å². The Labute approximate surface area is 76.5 Å². The molecule has 0 aliphatic heterocycles. The number of thiophene rings is 1. The van der Waals surface area contributed by atoms with Gasteiger partial charge in [-0.25, -0.2) is 0 Å². The fourth-order valence-corrected chi connectivity index (χ4v) is 1.57. The van der Waals surface area contributed by atoms with Crippen molar-refractivity contribution in [2.75, 3.05) is 0 Å². The minimum absolute atomic E-state index is 0.120. The standard InChI is InChI=1S/C9H11ClS/c1-7(10)3-4-9-5-6-11-8(9)2/h3-7H,1-2H3/b4-3+. The first-order chi connectivity index (χ1) is 5.20. The lowest BCUT2D eigenvalue weighted by Crippen LogP contribution is -1.80. The second kappa shape index (κ2) is 3.93. The van der Waals surface area contributed by atoms with Crippen LogP contribution in [0, 0.1) is 6.92 Å². The minimum Gasteiger partial charge on any atom is -0.149 e. The summed E-state index contributed by atoms with van der Waals surface area (Å²) >= 11 is 7.53. The van der Waals surface area contributed by atoms with Gasteiger partial charge in [0.25, 0.3) is 0 Å². The molecule has 0 nitrogen and oxygen atoms in total. The van der Waals surface area contributed by atoms with Crippen molar-refractivity contribution in [2.24, 2.45) is 0 Å². The van der Waals surface area contributed by atoms with Crippen LogP contribution >= 0.6 is 22.9 Å². The Hall–Kier alpha value is -0.270. The molecule has 2 heteroatoms. The summed E-state index contributed by atoms with van der Waals surface area (Å²) in [5, 5.41) is 2.21. The molecule has 0 aromatic carbocycles. The Bertz CT molecular complexity index is 248. The first kappa shape index (κ1) is 8.82. The normalized spacial score (nSPS) is 14.1. The molecular weight excluding hydrogens is 176 g/mol. The highest BCUT2D eigenvalue weighted by Gasteiger charge is 1.94. The summed E-state index contributed by atoms with van der Waals surface area (Å²) in [5.74, 6) is 0. The van der Waals surface area contributed by atoms with E-state index in [9.17, 15) is 0 Å². The van der Waals surface area contributed by atoms with Crippen LogP contribution in [0.1, 0.15) is 17.4 Å². The highest BCUT2D eigenvalue weighted by molar-refractivity contribution is 7.10. The van der Waals surface area contributed by atoms with E-state index in [0.717, 1.165) is 0 Å². The maximum atomic E-state index is 5.76. The SMILES string of the molecule is Cc1sccc1/C=C/C(C)Cl. The van der Waals surface area contributed by atoms with Crippen molar-refractivity contribution in [3.05, 3.63) is 28.0 Å². The van der Waals surface area contributed by atoms with Crippen LogP contribution in [0.3, 0.4) is 0 Å². The minimum atomic E-state index is 0.120. The molecule has 0 aliphatic rings. The molecule has 0 spiro atoms. The summed E-state index contributed by atoms with van der Waals surface area (Å²) < 4.78 is 0. The number of hydrogen-bond acceptors (Lipinski definition) is 1. The second-order valence-electron chi connectivity index (χ2n) is 2.47. The molecule has 0 bridgehead atoms. The quantitative estimate of drug-likeness (QED) is 0.618. The highest BCUT2D eigenvalue weighted by atomic mass is 35.5. The average Bonchev–Trinajstić information content (AvgIpc) is 2.31. The van der Waals surface area contributed by atoms with E-state index in [1.54, 1.807) is 11.3 Å². The predicted octanol–water partition coefficient (Wildman–Crippen LogP) is 3.70. The number of aryl methyl sites for hydroxylation is 1. The summed E-state index contributed by atoms with van der Waals surface area (Å²) in [5.41, 5.74) is 1.28.